The fraction of sp³-hybridized carbons (Fsp3) is 0.417. The highest BCUT2D eigenvalue weighted by Gasteiger charge is 2.34. The number of rotatable bonds is 6. The van der Waals surface area contributed by atoms with E-state index in [1.54, 1.807) is 19.3 Å². The van der Waals surface area contributed by atoms with Crippen LogP contribution >= 0.6 is 11.6 Å². The quantitative estimate of drug-likeness (QED) is 0.573. The molecule has 1 N–H and O–H groups in total. The molecule has 34 heavy (non-hydrogen) atoms. The Morgan fingerprint density at radius 3 is 2.76 bits per heavy atom. The molecule has 10 heteroatoms. The van der Waals surface area contributed by atoms with Gasteiger partial charge in [-0.2, -0.15) is 0 Å². The van der Waals surface area contributed by atoms with Crippen LogP contribution in [0.15, 0.2) is 35.3 Å². The standard InChI is InChI=1S/C24H26ClN5O4/c1-26-22(31)13-33-21-9-15-7-14(3-6-20(15)29(2)23(21)32)8-19-18(25)10-27-24(28-19)30-11-16-4-5-17(12-30)34-16/h3,6-7,9-10,16-17H,4-5,8,11-13H2,1-2H3,(H,26,31)/t16-,17+. The molecule has 0 aliphatic carbocycles. The van der Waals surface area contributed by atoms with Crippen molar-refractivity contribution < 1.29 is 14.3 Å². The normalized spacial score (nSPS) is 19.4. The number of likely N-dealkylation sites (N-methyl/N-ethyl adjacent to an activating group) is 1. The lowest BCUT2D eigenvalue weighted by Gasteiger charge is -2.32. The van der Waals surface area contributed by atoms with E-state index in [1.807, 2.05) is 18.2 Å². The molecule has 2 bridgehead atoms. The van der Waals surface area contributed by atoms with E-state index in [2.05, 4.69) is 15.2 Å². The summed E-state index contributed by atoms with van der Waals surface area (Å²) in [5.41, 5.74) is 2.19. The van der Waals surface area contributed by atoms with Crippen LogP contribution in [0.3, 0.4) is 0 Å². The van der Waals surface area contributed by atoms with E-state index < -0.39 is 0 Å². The summed E-state index contributed by atoms with van der Waals surface area (Å²) in [4.78, 5) is 35.6. The van der Waals surface area contributed by atoms with Crippen molar-refractivity contribution in [3.63, 3.8) is 0 Å². The second-order valence-electron chi connectivity index (χ2n) is 8.73. The number of benzene rings is 1. The molecule has 0 unspecified atom stereocenters. The summed E-state index contributed by atoms with van der Waals surface area (Å²) in [5, 5.41) is 3.81. The average molecular weight is 484 g/mol. The van der Waals surface area contributed by atoms with Crippen LogP contribution in [0, 0.1) is 0 Å². The van der Waals surface area contributed by atoms with E-state index in [9.17, 15) is 9.59 Å². The van der Waals surface area contributed by atoms with Gasteiger partial charge in [-0.15, -0.1) is 0 Å². The minimum absolute atomic E-state index is 0.125. The van der Waals surface area contributed by atoms with E-state index >= 15 is 0 Å². The molecule has 0 radical (unpaired) electrons. The summed E-state index contributed by atoms with van der Waals surface area (Å²) in [7, 11) is 3.20. The highest BCUT2D eigenvalue weighted by atomic mass is 35.5. The summed E-state index contributed by atoms with van der Waals surface area (Å²) in [6.45, 7) is 1.36. The van der Waals surface area contributed by atoms with Crippen LogP contribution < -0.4 is 20.5 Å². The second kappa shape index (κ2) is 9.23. The van der Waals surface area contributed by atoms with E-state index in [0.717, 1.165) is 48.1 Å². The number of ether oxygens (including phenoxy) is 2. The Morgan fingerprint density at radius 2 is 2.03 bits per heavy atom. The number of carbonyl (C=O) groups excluding carboxylic acids is 1. The third kappa shape index (κ3) is 4.45. The lowest BCUT2D eigenvalue weighted by molar-refractivity contribution is -0.122. The molecule has 178 valence electrons. The Balaban J connectivity index is 1.41. The zero-order valence-corrected chi connectivity index (χ0v) is 19.8. The number of aryl methyl sites for hydroxylation is 1. The molecule has 4 heterocycles. The minimum atomic E-state index is -0.307. The number of pyridine rings is 1. The van der Waals surface area contributed by atoms with Crippen molar-refractivity contribution in [2.45, 2.75) is 31.5 Å². The van der Waals surface area contributed by atoms with Gasteiger partial charge in [0.1, 0.15) is 0 Å². The first-order chi connectivity index (χ1) is 16.4. The Labute approximate surface area is 201 Å². The molecule has 2 atom stereocenters. The maximum atomic E-state index is 12.6. The smallest absolute Gasteiger partial charge is 0.293 e. The molecule has 3 aromatic rings. The number of morpholine rings is 1. The first-order valence-corrected chi connectivity index (χ1v) is 11.7. The van der Waals surface area contributed by atoms with Crippen LogP contribution in [0.5, 0.6) is 5.75 Å². The molecule has 2 aliphatic rings. The van der Waals surface area contributed by atoms with Crippen molar-refractivity contribution in [2.75, 3.05) is 31.6 Å². The highest BCUT2D eigenvalue weighted by Crippen LogP contribution is 2.29. The Hall–Kier alpha value is -3.17. The number of halogens is 1. The van der Waals surface area contributed by atoms with Gasteiger partial charge in [0, 0.05) is 39.0 Å². The van der Waals surface area contributed by atoms with Crippen molar-refractivity contribution in [1.82, 2.24) is 19.9 Å². The number of nitrogens with zero attached hydrogens (tertiary/aromatic N) is 4. The first-order valence-electron chi connectivity index (χ1n) is 11.3. The first kappa shape index (κ1) is 22.6. The Morgan fingerprint density at radius 1 is 1.26 bits per heavy atom. The number of hydrogen-bond acceptors (Lipinski definition) is 7. The maximum Gasteiger partial charge on any atom is 0.293 e. The van der Waals surface area contributed by atoms with Crippen LogP contribution in [0.4, 0.5) is 5.95 Å². The molecular formula is C24H26ClN5O4. The van der Waals surface area contributed by atoms with Gasteiger partial charge in [0.2, 0.25) is 5.95 Å². The molecule has 9 nitrogen and oxygen atoms in total. The van der Waals surface area contributed by atoms with Crippen molar-refractivity contribution >= 4 is 34.4 Å². The average Bonchev–Trinajstić information content (AvgIpc) is 3.18. The number of carbonyl (C=O) groups is 1. The second-order valence-corrected chi connectivity index (χ2v) is 9.14. The predicted octanol–water partition coefficient (Wildman–Crippen LogP) is 2.07. The third-order valence-electron chi connectivity index (χ3n) is 6.39. The molecule has 1 aromatic carbocycles. The van der Waals surface area contributed by atoms with Crippen molar-refractivity contribution in [1.29, 1.82) is 0 Å². The van der Waals surface area contributed by atoms with Crippen molar-refractivity contribution in [3.05, 3.63) is 57.1 Å². The van der Waals surface area contributed by atoms with E-state index in [-0.39, 0.29) is 36.0 Å². The van der Waals surface area contributed by atoms with Gasteiger partial charge < -0.3 is 24.3 Å². The minimum Gasteiger partial charge on any atom is -0.478 e. The number of anilines is 1. The van der Waals surface area contributed by atoms with Gasteiger partial charge in [-0.3, -0.25) is 9.59 Å². The summed E-state index contributed by atoms with van der Waals surface area (Å²) < 4.78 is 12.9. The Kier molecular flexibility index (Phi) is 6.14. The van der Waals surface area contributed by atoms with Crippen LogP contribution in [0.25, 0.3) is 10.9 Å². The highest BCUT2D eigenvalue weighted by molar-refractivity contribution is 6.31. The van der Waals surface area contributed by atoms with Gasteiger partial charge >= 0.3 is 0 Å². The fourth-order valence-corrected chi connectivity index (χ4v) is 4.73. The molecule has 2 saturated heterocycles. The van der Waals surface area contributed by atoms with Gasteiger partial charge in [-0.05, 0) is 36.6 Å². The summed E-state index contributed by atoms with van der Waals surface area (Å²) in [6.07, 6.45) is 4.82. The molecule has 0 spiro atoms. The van der Waals surface area contributed by atoms with E-state index in [1.165, 1.54) is 11.6 Å². The lowest BCUT2D eigenvalue weighted by atomic mass is 10.1. The molecule has 0 saturated carbocycles. The van der Waals surface area contributed by atoms with E-state index in [4.69, 9.17) is 26.1 Å². The van der Waals surface area contributed by atoms with Gasteiger partial charge in [0.15, 0.2) is 12.4 Å². The topological polar surface area (TPSA) is 98.6 Å². The largest absolute Gasteiger partial charge is 0.478 e. The number of amides is 1. The number of hydrogen-bond donors (Lipinski definition) is 1. The van der Waals surface area contributed by atoms with Crippen LogP contribution in [-0.2, 0) is 23.0 Å². The van der Waals surface area contributed by atoms with Gasteiger partial charge in [0.05, 0.1) is 34.6 Å². The zero-order valence-electron chi connectivity index (χ0n) is 19.1. The molecule has 5 rings (SSSR count). The number of nitrogens with one attached hydrogen (secondary N) is 1. The number of fused-ring (bicyclic) bond motifs is 3. The van der Waals surface area contributed by atoms with Gasteiger partial charge in [0.25, 0.3) is 11.5 Å². The monoisotopic (exact) mass is 483 g/mol. The van der Waals surface area contributed by atoms with Crippen molar-refractivity contribution in [2.24, 2.45) is 7.05 Å². The summed E-state index contributed by atoms with van der Waals surface area (Å²) >= 11 is 6.46. The van der Waals surface area contributed by atoms with Crippen LogP contribution in [0.2, 0.25) is 5.02 Å². The van der Waals surface area contributed by atoms with Crippen LogP contribution in [0.1, 0.15) is 24.1 Å². The zero-order chi connectivity index (χ0) is 23.8. The molecule has 2 aromatic heterocycles. The fourth-order valence-electron chi connectivity index (χ4n) is 4.57. The third-order valence-corrected chi connectivity index (χ3v) is 6.71. The SMILES string of the molecule is CNC(=O)COc1cc2cc(Cc3nc(N4C[C@H]5CC[C@@H](C4)O5)ncc3Cl)ccc2n(C)c1=O. The number of aromatic nitrogens is 3. The van der Waals surface area contributed by atoms with Crippen molar-refractivity contribution in [3.8, 4) is 5.75 Å². The van der Waals surface area contributed by atoms with Gasteiger partial charge in [-0.1, -0.05) is 17.7 Å². The molecule has 2 aliphatic heterocycles. The van der Waals surface area contributed by atoms with Crippen LogP contribution in [-0.4, -0.2) is 59.4 Å². The molecule has 2 fully saturated rings. The van der Waals surface area contributed by atoms with Gasteiger partial charge in [-0.25, -0.2) is 9.97 Å². The lowest BCUT2D eigenvalue weighted by Crippen LogP contribution is -2.43. The summed E-state index contributed by atoms with van der Waals surface area (Å²) in [6, 6.07) is 7.50. The predicted molar refractivity (Wildman–Crippen MR) is 129 cm³/mol. The summed E-state index contributed by atoms with van der Waals surface area (Å²) in [5.74, 6) is 0.492. The maximum absolute atomic E-state index is 12.6. The van der Waals surface area contributed by atoms with E-state index in [0.29, 0.717) is 17.4 Å². The molecular weight excluding hydrogens is 458 g/mol. The molecule has 1 amide bonds. The Bertz CT molecular complexity index is 1300.